The molecule has 0 aliphatic carbocycles. The SMILES string of the molecule is Cc1c(Br)cc([N+](=O)[O-])c(N=C(N)N=C(N)N)c1C. The molecule has 0 aliphatic rings. The van der Waals surface area contributed by atoms with E-state index in [9.17, 15) is 10.1 Å². The van der Waals surface area contributed by atoms with Crippen molar-refractivity contribution in [3.63, 3.8) is 0 Å². The Morgan fingerprint density at radius 3 is 2.37 bits per heavy atom. The van der Waals surface area contributed by atoms with Crippen LogP contribution in [0.5, 0.6) is 0 Å². The van der Waals surface area contributed by atoms with Crippen LogP contribution in [0.4, 0.5) is 11.4 Å². The zero-order valence-electron chi connectivity index (χ0n) is 10.3. The summed E-state index contributed by atoms with van der Waals surface area (Å²) in [6.45, 7) is 3.51. The first-order chi connectivity index (χ1) is 8.73. The molecule has 0 atom stereocenters. The van der Waals surface area contributed by atoms with Gasteiger partial charge in [0.1, 0.15) is 5.69 Å². The fourth-order valence-corrected chi connectivity index (χ4v) is 1.91. The minimum absolute atomic E-state index is 0.133. The number of aliphatic imine (C=N–C) groups is 2. The highest BCUT2D eigenvalue weighted by atomic mass is 79.9. The van der Waals surface area contributed by atoms with E-state index >= 15 is 0 Å². The Balaban J connectivity index is 3.54. The third-order valence-corrected chi connectivity index (χ3v) is 3.27. The summed E-state index contributed by atoms with van der Waals surface area (Å²) in [6.07, 6.45) is 0. The predicted molar refractivity (Wildman–Crippen MR) is 77.4 cm³/mol. The van der Waals surface area contributed by atoms with Crippen molar-refractivity contribution in [2.24, 2.45) is 27.2 Å². The second-order valence-corrected chi connectivity index (χ2v) is 4.59. The molecule has 1 aromatic carbocycles. The van der Waals surface area contributed by atoms with Crippen molar-refractivity contribution in [2.75, 3.05) is 0 Å². The molecule has 8 nitrogen and oxygen atoms in total. The summed E-state index contributed by atoms with van der Waals surface area (Å²) in [4.78, 5) is 17.9. The van der Waals surface area contributed by atoms with Crippen LogP contribution in [-0.4, -0.2) is 16.8 Å². The second kappa shape index (κ2) is 5.65. The Labute approximate surface area is 117 Å². The molecule has 0 fully saturated rings. The lowest BCUT2D eigenvalue weighted by Crippen LogP contribution is -2.26. The number of nitro groups is 1. The molecular weight excluding hydrogens is 316 g/mol. The van der Waals surface area contributed by atoms with Crippen LogP contribution in [0.1, 0.15) is 11.1 Å². The minimum Gasteiger partial charge on any atom is -0.370 e. The molecule has 19 heavy (non-hydrogen) atoms. The molecule has 0 radical (unpaired) electrons. The Morgan fingerprint density at radius 2 is 1.89 bits per heavy atom. The molecule has 1 aromatic rings. The van der Waals surface area contributed by atoms with Gasteiger partial charge in [0.15, 0.2) is 5.96 Å². The van der Waals surface area contributed by atoms with Gasteiger partial charge in [0, 0.05) is 10.5 Å². The first-order valence-corrected chi connectivity index (χ1v) is 5.91. The lowest BCUT2D eigenvalue weighted by molar-refractivity contribution is -0.384. The highest BCUT2D eigenvalue weighted by Gasteiger charge is 2.20. The van der Waals surface area contributed by atoms with Crippen LogP contribution >= 0.6 is 15.9 Å². The van der Waals surface area contributed by atoms with Crippen LogP contribution in [0.25, 0.3) is 0 Å². The van der Waals surface area contributed by atoms with E-state index in [-0.39, 0.29) is 23.3 Å². The average Bonchev–Trinajstić information content (AvgIpc) is 2.28. The fraction of sp³-hybridized carbons (Fsp3) is 0.200. The van der Waals surface area contributed by atoms with Gasteiger partial charge in [0.2, 0.25) is 5.96 Å². The molecule has 0 spiro atoms. The number of halogens is 1. The van der Waals surface area contributed by atoms with Gasteiger partial charge in [0.25, 0.3) is 5.69 Å². The summed E-state index contributed by atoms with van der Waals surface area (Å²) in [7, 11) is 0. The Kier molecular flexibility index (Phi) is 4.43. The molecule has 0 amide bonds. The molecule has 0 aliphatic heterocycles. The van der Waals surface area contributed by atoms with E-state index in [0.717, 1.165) is 5.56 Å². The zero-order valence-corrected chi connectivity index (χ0v) is 11.9. The maximum absolute atomic E-state index is 11.0. The summed E-state index contributed by atoms with van der Waals surface area (Å²) in [6, 6.07) is 1.37. The molecule has 0 saturated heterocycles. The molecule has 0 heterocycles. The van der Waals surface area contributed by atoms with Crippen LogP contribution in [0, 0.1) is 24.0 Å². The minimum atomic E-state index is -0.543. The van der Waals surface area contributed by atoms with E-state index in [1.165, 1.54) is 6.07 Å². The summed E-state index contributed by atoms with van der Waals surface area (Å²) < 4.78 is 0.621. The van der Waals surface area contributed by atoms with Crippen molar-refractivity contribution < 1.29 is 4.92 Å². The van der Waals surface area contributed by atoms with Gasteiger partial charge in [-0.1, -0.05) is 15.9 Å². The van der Waals surface area contributed by atoms with Crippen molar-refractivity contribution in [2.45, 2.75) is 13.8 Å². The lowest BCUT2D eigenvalue weighted by Gasteiger charge is -2.08. The smallest absolute Gasteiger partial charge is 0.296 e. The highest BCUT2D eigenvalue weighted by molar-refractivity contribution is 9.10. The van der Waals surface area contributed by atoms with E-state index in [1.807, 2.05) is 0 Å². The first kappa shape index (κ1) is 14.9. The number of nitrogens with zero attached hydrogens (tertiary/aromatic N) is 3. The number of nitro benzene ring substituents is 1. The van der Waals surface area contributed by atoms with Crippen LogP contribution in [0.15, 0.2) is 20.5 Å². The Bertz CT molecular complexity index is 592. The average molecular weight is 329 g/mol. The van der Waals surface area contributed by atoms with E-state index in [2.05, 4.69) is 25.9 Å². The zero-order chi connectivity index (χ0) is 14.7. The Hall–Kier alpha value is -2.16. The number of hydrogen-bond acceptors (Lipinski definition) is 3. The van der Waals surface area contributed by atoms with Crippen molar-refractivity contribution in [3.8, 4) is 0 Å². The summed E-state index contributed by atoms with van der Waals surface area (Å²) in [5, 5.41) is 11.0. The van der Waals surface area contributed by atoms with Gasteiger partial charge in [-0.05, 0) is 25.0 Å². The molecule has 9 heteroatoms. The van der Waals surface area contributed by atoms with Crippen molar-refractivity contribution in [1.29, 1.82) is 0 Å². The third kappa shape index (κ3) is 3.41. The number of benzene rings is 1. The normalized spacial score (nSPS) is 11.2. The second-order valence-electron chi connectivity index (χ2n) is 3.74. The molecular formula is C10H13BrN6O2. The van der Waals surface area contributed by atoms with Crippen LogP contribution < -0.4 is 17.2 Å². The van der Waals surface area contributed by atoms with E-state index in [1.54, 1.807) is 13.8 Å². The highest BCUT2D eigenvalue weighted by Crippen LogP contribution is 2.37. The lowest BCUT2D eigenvalue weighted by atomic mass is 10.1. The van der Waals surface area contributed by atoms with Gasteiger partial charge in [-0.2, -0.15) is 4.99 Å². The van der Waals surface area contributed by atoms with E-state index < -0.39 is 4.92 Å². The third-order valence-electron chi connectivity index (χ3n) is 2.45. The maximum atomic E-state index is 11.0. The monoisotopic (exact) mass is 328 g/mol. The van der Waals surface area contributed by atoms with Crippen molar-refractivity contribution >= 4 is 39.2 Å². The standard InChI is InChI=1S/C10H13BrN6O2/c1-4-5(2)8(15-10(14)16-9(12)13)7(17(18)19)3-6(4)11/h3H,1-2H3,(H6,12,13,14,15,16). The molecule has 6 N–H and O–H groups in total. The number of guanidine groups is 2. The van der Waals surface area contributed by atoms with Gasteiger partial charge in [-0.15, -0.1) is 0 Å². The Morgan fingerprint density at radius 1 is 1.32 bits per heavy atom. The van der Waals surface area contributed by atoms with Gasteiger partial charge < -0.3 is 17.2 Å². The molecule has 0 bridgehead atoms. The quantitative estimate of drug-likeness (QED) is 0.323. The molecule has 0 unspecified atom stereocenters. The van der Waals surface area contributed by atoms with E-state index in [4.69, 9.17) is 17.2 Å². The van der Waals surface area contributed by atoms with Gasteiger partial charge in [-0.25, -0.2) is 4.99 Å². The van der Waals surface area contributed by atoms with Crippen LogP contribution in [0.3, 0.4) is 0 Å². The molecule has 102 valence electrons. The number of hydrogen-bond donors (Lipinski definition) is 3. The summed E-state index contributed by atoms with van der Waals surface area (Å²) in [5.74, 6) is -0.511. The number of rotatable bonds is 2. The molecule has 1 rings (SSSR count). The topological polar surface area (TPSA) is 146 Å². The van der Waals surface area contributed by atoms with Crippen LogP contribution in [-0.2, 0) is 0 Å². The first-order valence-electron chi connectivity index (χ1n) is 5.12. The fourth-order valence-electron chi connectivity index (χ4n) is 1.40. The van der Waals surface area contributed by atoms with Gasteiger partial charge in [0.05, 0.1) is 4.92 Å². The van der Waals surface area contributed by atoms with Crippen molar-refractivity contribution in [3.05, 3.63) is 31.8 Å². The predicted octanol–water partition coefficient (Wildman–Crippen LogP) is 1.19. The number of nitrogens with two attached hydrogens (primary N) is 3. The summed E-state index contributed by atoms with van der Waals surface area (Å²) >= 11 is 3.25. The van der Waals surface area contributed by atoms with Crippen molar-refractivity contribution in [1.82, 2.24) is 0 Å². The van der Waals surface area contributed by atoms with Gasteiger partial charge >= 0.3 is 0 Å². The molecule has 0 saturated carbocycles. The maximum Gasteiger partial charge on any atom is 0.296 e. The van der Waals surface area contributed by atoms with Crippen LogP contribution in [0.2, 0.25) is 0 Å². The largest absolute Gasteiger partial charge is 0.370 e. The summed E-state index contributed by atoms with van der Waals surface area (Å²) in [5.41, 5.74) is 17.2. The molecule has 0 aromatic heterocycles. The van der Waals surface area contributed by atoms with E-state index in [0.29, 0.717) is 10.0 Å². The van der Waals surface area contributed by atoms with Gasteiger partial charge in [-0.3, -0.25) is 10.1 Å².